The van der Waals surface area contributed by atoms with Crippen LogP contribution in [-0.4, -0.2) is 17.3 Å². The third-order valence-corrected chi connectivity index (χ3v) is 5.35. The third kappa shape index (κ3) is 3.62. The maximum absolute atomic E-state index is 13.7. The van der Waals surface area contributed by atoms with Gasteiger partial charge in [0.25, 0.3) is 11.6 Å². The summed E-state index contributed by atoms with van der Waals surface area (Å²) in [6, 6.07) is 4.70. The lowest BCUT2D eigenvalue weighted by Gasteiger charge is -2.21. The van der Waals surface area contributed by atoms with E-state index < -0.39 is 11.2 Å². The minimum Gasteiger partial charge on any atom is -0.308 e. The first-order valence-corrected chi connectivity index (χ1v) is 9.61. The molecule has 0 spiro atoms. The van der Waals surface area contributed by atoms with Gasteiger partial charge < -0.3 is 5.32 Å². The number of benzene rings is 1. The summed E-state index contributed by atoms with van der Waals surface area (Å²) in [4.78, 5) is 17.4. The molecule has 1 amide bonds. The Balaban J connectivity index is 2.03. The normalized spacial score (nSPS) is 19.7. The minimum atomic E-state index is -2.95. The second kappa shape index (κ2) is 6.75. The zero-order valence-corrected chi connectivity index (χ0v) is 15.9. The van der Waals surface area contributed by atoms with Gasteiger partial charge in [-0.15, -0.1) is 0 Å². The van der Waals surface area contributed by atoms with Crippen molar-refractivity contribution < 1.29 is 13.6 Å². The molecule has 3 nitrogen and oxygen atoms in total. The van der Waals surface area contributed by atoms with Crippen molar-refractivity contribution in [3.8, 4) is 0 Å². The Bertz CT molecular complexity index is 702. The maximum atomic E-state index is 13.7. The highest BCUT2D eigenvalue weighted by Crippen LogP contribution is 2.45. The lowest BCUT2D eigenvalue weighted by molar-refractivity contribution is -0.124. The molecule has 6 heteroatoms. The molecule has 2 aliphatic rings. The van der Waals surface area contributed by atoms with Crippen LogP contribution in [0.1, 0.15) is 75.0 Å². The molecule has 1 N–H and O–H groups in total. The molecule has 3 rings (SSSR count). The molecule has 136 valence electrons. The monoisotopic (exact) mass is 366 g/mol. The van der Waals surface area contributed by atoms with Crippen molar-refractivity contribution in [1.82, 2.24) is 5.32 Å². The summed E-state index contributed by atoms with van der Waals surface area (Å²) in [5.41, 5.74) is -1.99. The molecule has 25 heavy (non-hydrogen) atoms. The molecule has 0 saturated heterocycles. The molecule has 1 saturated carbocycles. The lowest BCUT2D eigenvalue weighted by atomic mass is 9.89. The van der Waals surface area contributed by atoms with Crippen LogP contribution in [0.5, 0.6) is 0 Å². The van der Waals surface area contributed by atoms with Crippen LogP contribution >= 0.6 is 9.24 Å². The van der Waals surface area contributed by atoms with E-state index in [4.69, 9.17) is 4.99 Å². The van der Waals surface area contributed by atoms with Crippen LogP contribution in [-0.2, 0) is 10.5 Å². The van der Waals surface area contributed by atoms with Gasteiger partial charge in [-0.25, -0.2) is 0 Å². The topological polar surface area (TPSA) is 41.5 Å². The molecule has 1 heterocycles. The van der Waals surface area contributed by atoms with E-state index >= 15 is 0 Å². The minimum absolute atomic E-state index is 0.0125. The van der Waals surface area contributed by atoms with Gasteiger partial charge in [0.15, 0.2) is 0 Å². The van der Waals surface area contributed by atoms with E-state index in [9.17, 15) is 13.6 Å². The van der Waals surface area contributed by atoms with Crippen LogP contribution < -0.4 is 5.32 Å². The summed E-state index contributed by atoms with van der Waals surface area (Å²) < 4.78 is 27.4. The number of nitrogens with zero attached hydrogens (tertiary/aromatic N) is 1. The highest BCUT2D eigenvalue weighted by Gasteiger charge is 2.43. The largest absolute Gasteiger partial charge is 0.308 e. The van der Waals surface area contributed by atoms with Crippen molar-refractivity contribution in [3.05, 3.63) is 34.9 Å². The zero-order valence-electron chi connectivity index (χ0n) is 14.7. The fraction of sp³-hybridized carbons (Fsp3) is 0.579. The number of amidine groups is 1. The molecule has 1 atom stereocenters. The van der Waals surface area contributed by atoms with E-state index in [1.165, 1.54) is 6.07 Å². The summed E-state index contributed by atoms with van der Waals surface area (Å²) in [5, 5.41) is 2.93. The Kier molecular flexibility index (Phi) is 4.98. The highest BCUT2D eigenvalue weighted by molar-refractivity contribution is 7.17. The summed E-state index contributed by atoms with van der Waals surface area (Å²) in [5.74, 6) is 0.773. The van der Waals surface area contributed by atoms with Crippen molar-refractivity contribution >= 4 is 21.0 Å². The van der Waals surface area contributed by atoms with E-state index in [1.807, 2.05) is 13.8 Å². The van der Waals surface area contributed by atoms with E-state index in [0.29, 0.717) is 18.7 Å². The highest BCUT2D eigenvalue weighted by atomic mass is 31.0. The lowest BCUT2D eigenvalue weighted by Crippen LogP contribution is -2.39. The second-order valence-corrected chi connectivity index (χ2v) is 7.87. The number of amides is 1. The quantitative estimate of drug-likeness (QED) is 0.698. The first-order chi connectivity index (χ1) is 11.8. The van der Waals surface area contributed by atoms with Crippen molar-refractivity contribution in [2.75, 3.05) is 0 Å². The van der Waals surface area contributed by atoms with E-state index in [0.717, 1.165) is 36.8 Å². The van der Waals surface area contributed by atoms with Crippen molar-refractivity contribution in [1.29, 1.82) is 0 Å². The molecule has 0 radical (unpaired) electrons. The zero-order chi connectivity index (χ0) is 18.2. The van der Waals surface area contributed by atoms with Gasteiger partial charge in [0.05, 0.1) is 0 Å². The Morgan fingerprint density at radius 3 is 2.44 bits per heavy atom. The third-order valence-electron chi connectivity index (χ3n) is 5.02. The summed E-state index contributed by atoms with van der Waals surface area (Å²) in [7, 11) is 1.59. The van der Waals surface area contributed by atoms with Crippen LogP contribution in [0.25, 0.3) is 0 Å². The van der Waals surface area contributed by atoms with Crippen LogP contribution in [0.3, 0.4) is 0 Å². The summed E-state index contributed by atoms with van der Waals surface area (Å²) in [6.07, 6.45) is 5.15. The van der Waals surface area contributed by atoms with E-state index in [-0.39, 0.29) is 17.4 Å². The predicted octanol–water partition coefficient (Wildman–Crippen LogP) is 4.70. The first-order valence-electron chi connectivity index (χ1n) is 9.03. The molecule has 1 aliphatic heterocycles. The molecule has 0 aromatic heterocycles. The maximum Gasteiger partial charge on any atom is 0.283 e. The Labute approximate surface area is 149 Å². The number of rotatable bonds is 7. The van der Waals surface area contributed by atoms with Crippen molar-refractivity contribution in [2.45, 2.75) is 69.5 Å². The molecular weight excluding hydrogens is 341 g/mol. The number of nitrogens with one attached hydrogen (secondary N) is 1. The Morgan fingerprint density at radius 2 is 1.92 bits per heavy atom. The SMILES string of the molecule is CCCC1(CCC)N=C(c2ccc(C(F)(F)P)cc2C2CC2)NC1=O. The number of hydrogen-bond donors (Lipinski definition) is 1. The van der Waals surface area contributed by atoms with Gasteiger partial charge in [-0.05, 0) is 43.2 Å². The Hall–Kier alpha value is -1.35. The van der Waals surface area contributed by atoms with Gasteiger partial charge >= 0.3 is 0 Å². The average molecular weight is 366 g/mol. The number of alkyl halides is 2. The van der Waals surface area contributed by atoms with Gasteiger partial charge in [-0.2, -0.15) is 8.78 Å². The van der Waals surface area contributed by atoms with Crippen LogP contribution in [0.2, 0.25) is 0 Å². The predicted molar refractivity (Wildman–Crippen MR) is 99.2 cm³/mol. The van der Waals surface area contributed by atoms with Crippen LogP contribution in [0, 0.1) is 0 Å². The fourth-order valence-corrected chi connectivity index (χ4v) is 3.83. The van der Waals surface area contributed by atoms with Gasteiger partial charge in [0.1, 0.15) is 11.4 Å². The number of hydrogen-bond acceptors (Lipinski definition) is 2. The summed E-state index contributed by atoms with van der Waals surface area (Å²) >= 11 is 0. The van der Waals surface area contributed by atoms with Gasteiger partial charge in [0.2, 0.25) is 0 Å². The molecular formula is C19H25F2N2OP. The van der Waals surface area contributed by atoms with Crippen molar-refractivity contribution in [2.24, 2.45) is 4.99 Å². The number of carbonyl (C=O) groups excluding carboxylic acids is 1. The smallest absolute Gasteiger partial charge is 0.283 e. The molecule has 1 unspecified atom stereocenters. The molecule has 1 fully saturated rings. The number of halogens is 2. The van der Waals surface area contributed by atoms with Gasteiger partial charge in [-0.1, -0.05) is 48.1 Å². The second-order valence-electron chi connectivity index (χ2n) is 7.15. The number of aliphatic imine (C=N–C) groups is 1. The molecule has 0 bridgehead atoms. The van der Waals surface area contributed by atoms with Crippen LogP contribution in [0.15, 0.2) is 23.2 Å². The standard InChI is InChI=1S/C19H25F2N2OP/c1-3-9-18(10-4-2)17(24)22-16(23-18)14-8-7-13(19(20,21)25)11-15(14)12-5-6-12/h7-8,11-12H,3-6,9-10,25H2,1-2H3,(H,22,23,24). The molecule has 1 aromatic carbocycles. The molecule has 1 aromatic rings. The fourth-order valence-electron chi connectivity index (χ4n) is 3.65. The van der Waals surface area contributed by atoms with Crippen LogP contribution in [0.4, 0.5) is 8.78 Å². The van der Waals surface area contributed by atoms with E-state index in [1.54, 1.807) is 21.4 Å². The average Bonchev–Trinajstić information content (AvgIpc) is 3.33. The van der Waals surface area contributed by atoms with Gasteiger partial charge in [-0.3, -0.25) is 9.79 Å². The van der Waals surface area contributed by atoms with Gasteiger partial charge in [0, 0.05) is 11.1 Å². The first kappa shape index (κ1) is 18.4. The summed E-state index contributed by atoms with van der Waals surface area (Å²) in [6.45, 7) is 4.09. The van der Waals surface area contributed by atoms with E-state index in [2.05, 4.69) is 5.32 Å². The Morgan fingerprint density at radius 1 is 1.28 bits per heavy atom. The van der Waals surface area contributed by atoms with Crippen molar-refractivity contribution in [3.63, 3.8) is 0 Å². The molecule has 1 aliphatic carbocycles. The number of carbonyl (C=O) groups is 1.